The second kappa shape index (κ2) is 5.09. The van der Waals surface area contributed by atoms with Crippen LogP contribution in [0.25, 0.3) is 0 Å². The van der Waals surface area contributed by atoms with Crippen molar-refractivity contribution < 1.29 is 13.2 Å². The maximum absolute atomic E-state index is 12.8. The zero-order chi connectivity index (χ0) is 9.14. The predicted octanol–water partition coefficient (Wildman–Crippen LogP) is 2.64. The fourth-order valence-electron chi connectivity index (χ4n) is 0.865. The molecule has 1 aromatic carbocycles. The second-order valence-corrected chi connectivity index (χ2v) is 2.36. The highest BCUT2D eigenvalue weighted by Gasteiger charge is 2.09. The van der Waals surface area contributed by atoms with Gasteiger partial charge in [0.25, 0.3) is 6.43 Å². The van der Waals surface area contributed by atoms with Gasteiger partial charge < -0.3 is 5.73 Å². The van der Waals surface area contributed by atoms with Crippen LogP contribution in [0.2, 0.25) is 0 Å². The van der Waals surface area contributed by atoms with Crippen LogP contribution in [0.4, 0.5) is 13.2 Å². The molecule has 0 aliphatic carbocycles. The van der Waals surface area contributed by atoms with Crippen molar-refractivity contribution in [1.29, 1.82) is 0 Å². The Hall–Kier alpha value is -0.740. The zero-order valence-corrected chi connectivity index (χ0v) is 7.45. The Bertz CT molecular complexity index is 278. The first-order valence-electron chi connectivity index (χ1n) is 3.41. The van der Waals surface area contributed by atoms with E-state index in [1.165, 1.54) is 12.1 Å². The predicted molar refractivity (Wildman–Crippen MR) is 46.5 cm³/mol. The molecule has 0 heterocycles. The second-order valence-electron chi connectivity index (χ2n) is 2.36. The normalized spacial score (nSPS) is 9.92. The molecule has 0 atom stereocenters. The van der Waals surface area contributed by atoms with Crippen LogP contribution in [0, 0.1) is 5.82 Å². The van der Waals surface area contributed by atoms with E-state index < -0.39 is 12.2 Å². The van der Waals surface area contributed by atoms with Crippen molar-refractivity contribution in [3.63, 3.8) is 0 Å². The average Bonchev–Trinajstić information content (AvgIpc) is 2.04. The monoisotopic (exact) mass is 211 g/mol. The molecule has 0 saturated carbocycles. The average molecular weight is 212 g/mol. The lowest BCUT2D eigenvalue weighted by Crippen LogP contribution is -2.00. The molecule has 0 bridgehead atoms. The Morgan fingerprint density at radius 3 is 2.31 bits per heavy atom. The van der Waals surface area contributed by atoms with Crippen molar-refractivity contribution >= 4 is 12.4 Å². The molecule has 2 N–H and O–H groups in total. The van der Waals surface area contributed by atoms with Crippen molar-refractivity contribution in [2.24, 2.45) is 5.73 Å². The van der Waals surface area contributed by atoms with Crippen LogP contribution in [0.3, 0.4) is 0 Å². The molecular weight excluding hydrogens is 203 g/mol. The maximum Gasteiger partial charge on any atom is 0.263 e. The summed E-state index contributed by atoms with van der Waals surface area (Å²) in [5.74, 6) is -0.671. The molecule has 5 heteroatoms. The van der Waals surface area contributed by atoms with Crippen LogP contribution in [0.1, 0.15) is 17.6 Å². The molecule has 13 heavy (non-hydrogen) atoms. The molecule has 1 aromatic rings. The summed E-state index contributed by atoms with van der Waals surface area (Å²) in [6.07, 6.45) is -2.63. The highest BCUT2D eigenvalue weighted by Crippen LogP contribution is 2.20. The van der Waals surface area contributed by atoms with Crippen LogP contribution in [0.5, 0.6) is 0 Å². The molecule has 0 aliphatic rings. The van der Waals surface area contributed by atoms with Crippen LogP contribution in [-0.2, 0) is 6.54 Å². The summed E-state index contributed by atoms with van der Waals surface area (Å²) in [5.41, 5.74) is 5.08. The van der Waals surface area contributed by atoms with Gasteiger partial charge in [-0.3, -0.25) is 0 Å². The third-order valence-electron chi connectivity index (χ3n) is 1.55. The SMILES string of the molecule is Cl.NCc1ccc(C(F)F)cc1F. The third kappa shape index (κ3) is 2.90. The highest BCUT2D eigenvalue weighted by molar-refractivity contribution is 5.85. The third-order valence-corrected chi connectivity index (χ3v) is 1.55. The van der Waals surface area contributed by atoms with Gasteiger partial charge in [-0.2, -0.15) is 0 Å². The van der Waals surface area contributed by atoms with E-state index >= 15 is 0 Å². The van der Waals surface area contributed by atoms with Gasteiger partial charge in [-0.25, -0.2) is 13.2 Å². The fourth-order valence-corrected chi connectivity index (χ4v) is 0.865. The van der Waals surface area contributed by atoms with Crippen molar-refractivity contribution in [2.45, 2.75) is 13.0 Å². The maximum atomic E-state index is 12.8. The number of hydrogen-bond donors (Lipinski definition) is 1. The lowest BCUT2D eigenvalue weighted by Gasteiger charge is -2.02. The smallest absolute Gasteiger partial charge is 0.263 e. The van der Waals surface area contributed by atoms with Gasteiger partial charge in [-0.05, 0) is 6.07 Å². The summed E-state index contributed by atoms with van der Waals surface area (Å²) < 4.78 is 36.8. The molecule has 1 nitrogen and oxygen atoms in total. The molecule has 0 radical (unpaired) electrons. The van der Waals surface area contributed by atoms with Crippen LogP contribution in [-0.4, -0.2) is 0 Å². The molecule has 0 aromatic heterocycles. The summed E-state index contributed by atoms with van der Waals surface area (Å²) in [6.45, 7) is 0.0232. The Morgan fingerprint density at radius 2 is 1.92 bits per heavy atom. The molecule has 0 unspecified atom stereocenters. The number of halogens is 4. The van der Waals surface area contributed by atoms with Crippen molar-refractivity contribution in [2.75, 3.05) is 0 Å². The lowest BCUT2D eigenvalue weighted by molar-refractivity contribution is 0.151. The molecule has 1 rings (SSSR count). The highest BCUT2D eigenvalue weighted by atomic mass is 35.5. The Morgan fingerprint density at radius 1 is 1.31 bits per heavy atom. The summed E-state index contributed by atoms with van der Waals surface area (Å²) in [7, 11) is 0. The molecule has 0 fully saturated rings. The van der Waals surface area contributed by atoms with E-state index in [-0.39, 0.29) is 30.1 Å². The van der Waals surface area contributed by atoms with E-state index in [0.717, 1.165) is 6.07 Å². The van der Waals surface area contributed by atoms with Crippen LogP contribution >= 0.6 is 12.4 Å². The minimum Gasteiger partial charge on any atom is -0.326 e. The fraction of sp³-hybridized carbons (Fsp3) is 0.250. The number of nitrogens with two attached hydrogens (primary N) is 1. The summed E-state index contributed by atoms with van der Waals surface area (Å²) in [6, 6.07) is 3.26. The van der Waals surface area contributed by atoms with E-state index in [9.17, 15) is 13.2 Å². The Labute approximate surface area is 80.2 Å². The van der Waals surface area contributed by atoms with Gasteiger partial charge in [0, 0.05) is 17.7 Å². The van der Waals surface area contributed by atoms with E-state index in [1.54, 1.807) is 0 Å². The van der Waals surface area contributed by atoms with Gasteiger partial charge in [-0.1, -0.05) is 12.1 Å². The number of benzene rings is 1. The van der Waals surface area contributed by atoms with Gasteiger partial charge >= 0.3 is 0 Å². The minimum absolute atomic E-state index is 0. The largest absolute Gasteiger partial charge is 0.326 e. The summed E-state index contributed by atoms with van der Waals surface area (Å²) in [5, 5.41) is 0. The Balaban J connectivity index is 0.00000144. The van der Waals surface area contributed by atoms with Crippen LogP contribution < -0.4 is 5.73 Å². The van der Waals surface area contributed by atoms with Gasteiger partial charge in [0.15, 0.2) is 0 Å². The number of alkyl halides is 2. The van der Waals surface area contributed by atoms with Crippen molar-refractivity contribution in [3.05, 3.63) is 35.1 Å². The van der Waals surface area contributed by atoms with Gasteiger partial charge in [0.1, 0.15) is 5.82 Å². The first-order valence-corrected chi connectivity index (χ1v) is 3.41. The molecule has 0 amide bonds. The lowest BCUT2D eigenvalue weighted by atomic mass is 10.1. The van der Waals surface area contributed by atoms with E-state index in [0.29, 0.717) is 0 Å². The molecule has 0 saturated heterocycles. The van der Waals surface area contributed by atoms with Gasteiger partial charge in [0.2, 0.25) is 0 Å². The standard InChI is InChI=1S/C8H8F3N.ClH/c9-7-3-5(8(10)11)1-2-6(7)4-12;/h1-3,8H,4,12H2;1H. The molecule has 0 aliphatic heterocycles. The Kier molecular flexibility index (Phi) is 4.80. The van der Waals surface area contributed by atoms with E-state index in [1.807, 2.05) is 0 Å². The molecular formula is C8H9ClF3N. The molecule has 0 spiro atoms. The summed E-state index contributed by atoms with van der Waals surface area (Å²) in [4.78, 5) is 0. The molecule has 74 valence electrons. The first-order chi connectivity index (χ1) is 5.65. The van der Waals surface area contributed by atoms with E-state index in [2.05, 4.69) is 0 Å². The first kappa shape index (κ1) is 12.3. The quantitative estimate of drug-likeness (QED) is 0.800. The van der Waals surface area contributed by atoms with Gasteiger partial charge in [-0.15, -0.1) is 12.4 Å². The van der Waals surface area contributed by atoms with Crippen molar-refractivity contribution in [3.8, 4) is 0 Å². The number of hydrogen-bond acceptors (Lipinski definition) is 1. The number of rotatable bonds is 2. The zero-order valence-electron chi connectivity index (χ0n) is 6.64. The van der Waals surface area contributed by atoms with Crippen molar-refractivity contribution in [1.82, 2.24) is 0 Å². The van der Waals surface area contributed by atoms with E-state index in [4.69, 9.17) is 5.73 Å². The topological polar surface area (TPSA) is 26.0 Å². The summed E-state index contributed by atoms with van der Waals surface area (Å²) >= 11 is 0. The van der Waals surface area contributed by atoms with Gasteiger partial charge in [0.05, 0.1) is 0 Å². The minimum atomic E-state index is -2.63. The van der Waals surface area contributed by atoms with Crippen LogP contribution in [0.15, 0.2) is 18.2 Å².